The van der Waals surface area contributed by atoms with Crippen LogP contribution in [-0.2, 0) is 0 Å². The minimum absolute atomic E-state index is 0.306. The van der Waals surface area contributed by atoms with Gasteiger partial charge in [-0.3, -0.25) is 10.1 Å². The van der Waals surface area contributed by atoms with Gasteiger partial charge in [0.1, 0.15) is 0 Å². The van der Waals surface area contributed by atoms with E-state index in [-0.39, 0.29) is 0 Å². The van der Waals surface area contributed by atoms with E-state index in [2.05, 4.69) is 27.4 Å². The van der Waals surface area contributed by atoms with Crippen LogP contribution < -0.4 is 10.7 Å². The number of hydrogen-bond donors (Lipinski definition) is 4. The van der Waals surface area contributed by atoms with Crippen LogP contribution in [0, 0.1) is 0 Å². The molecule has 1 aromatic carbocycles. The SMILES string of the molecule is C=Cc1[nH]c2cc(NC(=O)O)cc3c2c1C=NNC3=O. The van der Waals surface area contributed by atoms with E-state index in [4.69, 9.17) is 5.11 Å². The van der Waals surface area contributed by atoms with Crippen molar-refractivity contribution in [2.75, 3.05) is 5.32 Å². The molecular formula is C13H10N4O3. The molecule has 4 N–H and O–H groups in total. The predicted molar refractivity (Wildman–Crippen MR) is 75.1 cm³/mol. The fourth-order valence-corrected chi connectivity index (χ4v) is 2.26. The second kappa shape index (κ2) is 4.23. The Kier molecular flexibility index (Phi) is 2.53. The maximum absolute atomic E-state index is 12.0. The lowest BCUT2D eigenvalue weighted by Crippen LogP contribution is -2.17. The molecule has 0 atom stereocenters. The summed E-state index contributed by atoms with van der Waals surface area (Å²) in [6.45, 7) is 3.70. The molecule has 7 heteroatoms. The number of benzene rings is 1. The highest BCUT2D eigenvalue weighted by molar-refractivity contribution is 6.16. The quantitative estimate of drug-likeness (QED) is 0.670. The summed E-state index contributed by atoms with van der Waals surface area (Å²) in [6, 6.07) is 3.10. The molecule has 3 rings (SSSR count). The van der Waals surface area contributed by atoms with E-state index < -0.39 is 12.0 Å². The molecule has 2 heterocycles. The van der Waals surface area contributed by atoms with Gasteiger partial charge in [0.25, 0.3) is 5.91 Å². The number of H-pyrrole nitrogens is 1. The summed E-state index contributed by atoms with van der Waals surface area (Å²) in [4.78, 5) is 25.8. The predicted octanol–water partition coefficient (Wildman–Crippen LogP) is 1.98. The number of aromatic nitrogens is 1. The number of carboxylic acid groups (broad SMARTS) is 1. The molecule has 0 bridgehead atoms. The van der Waals surface area contributed by atoms with Gasteiger partial charge in [-0.2, -0.15) is 5.10 Å². The number of carbonyl (C=O) groups is 2. The molecule has 2 aromatic rings. The number of hydrogen-bond acceptors (Lipinski definition) is 3. The van der Waals surface area contributed by atoms with Crippen molar-refractivity contribution in [2.24, 2.45) is 5.10 Å². The Morgan fingerprint density at radius 1 is 1.45 bits per heavy atom. The van der Waals surface area contributed by atoms with E-state index >= 15 is 0 Å². The molecule has 0 unspecified atom stereocenters. The zero-order valence-corrected chi connectivity index (χ0v) is 10.2. The van der Waals surface area contributed by atoms with Crippen molar-refractivity contribution in [1.82, 2.24) is 10.4 Å². The standard InChI is InChI=1S/C13H10N4O3/c1-2-9-8-5-14-17-12(18)7-3-6(15-13(19)20)4-10(16-9)11(7)8/h2-5,15-16H,1H2,(H,17,18)(H,19,20). The summed E-state index contributed by atoms with van der Waals surface area (Å²) in [5, 5.41) is 15.5. The molecular weight excluding hydrogens is 260 g/mol. The zero-order chi connectivity index (χ0) is 14.3. The summed E-state index contributed by atoms with van der Waals surface area (Å²) in [7, 11) is 0. The van der Waals surface area contributed by atoms with Crippen LogP contribution >= 0.6 is 0 Å². The van der Waals surface area contributed by atoms with Crippen LogP contribution in [0.4, 0.5) is 10.5 Å². The molecule has 1 aromatic heterocycles. The van der Waals surface area contributed by atoms with E-state index in [1.165, 1.54) is 12.3 Å². The Labute approximate surface area is 113 Å². The number of nitrogens with one attached hydrogen (secondary N) is 3. The van der Waals surface area contributed by atoms with Crippen molar-refractivity contribution in [3.63, 3.8) is 0 Å². The molecule has 0 saturated carbocycles. The summed E-state index contributed by atoms with van der Waals surface area (Å²) in [6.07, 6.45) is 1.96. The van der Waals surface area contributed by atoms with Gasteiger partial charge in [0.2, 0.25) is 0 Å². The number of rotatable bonds is 2. The Bertz CT molecular complexity index is 789. The molecule has 0 radical (unpaired) electrons. The van der Waals surface area contributed by atoms with Crippen LogP contribution in [0.2, 0.25) is 0 Å². The smallest absolute Gasteiger partial charge is 0.409 e. The van der Waals surface area contributed by atoms with E-state index in [0.29, 0.717) is 27.8 Å². The first-order valence-electron chi connectivity index (χ1n) is 5.75. The van der Waals surface area contributed by atoms with Gasteiger partial charge in [-0.05, 0) is 18.2 Å². The van der Waals surface area contributed by atoms with Gasteiger partial charge in [0.15, 0.2) is 0 Å². The maximum Gasteiger partial charge on any atom is 0.409 e. The van der Waals surface area contributed by atoms with Crippen molar-refractivity contribution in [2.45, 2.75) is 0 Å². The summed E-state index contributed by atoms with van der Waals surface area (Å²) in [5.41, 5.74) is 5.13. The number of anilines is 1. The van der Waals surface area contributed by atoms with Crippen LogP contribution in [0.1, 0.15) is 21.6 Å². The number of aromatic amines is 1. The topological polar surface area (TPSA) is 107 Å². The normalized spacial score (nSPS) is 12.9. The Balaban J connectivity index is 2.34. The van der Waals surface area contributed by atoms with E-state index in [0.717, 1.165) is 5.56 Å². The van der Waals surface area contributed by atoms with Crippen molar-refractivity contribution in [3.8, 4) is 0 Å². The van der Waals surface area contributed by atoms with Crippen LogP contribution in [0.3, 0.4) is 0 Å². The van der Waals surface area contributed by atoms with Gasteiger partial charge in [-0.15, -0.1) is 0 Å². The highest BCUT2D eigenvalue weighted by Crippen LogP contribution is 2.30. The average molecular weight is 270 g/mol. The molecule has 2 amide bonds. The number of hydrazone groups is 1. The van der Waals surface area contributed by atoms with Crippen molar-refractivity contribution >= 4 is 40.9 Å². The fraction of sp³-hybridized carbons (Fsp3) is 0. The van der Waals surface area contributed by atoms with Gasteiger partial charge in [-0.1, -0.05) is 6.58 Å². The first kappa shape index (κ1) is 12.0. The fourth-order valence-electron chi connectivity index (χ4n) is 2.26. The number of carbonyl (C=O) groups excluding carboxylic acids is 1. The first-order chi connectivity index (χ1) is 9.60. The van der Waals surface area contributed by atoms with Crippen molar-refractivity contribution in [3.05, 3.63) is 35.5 Å². The highest BCUT2D eigenvalue weighted by atomic mass is 16.4. The average Bonchev–Trinajstić information content (AvgIpc) is 2.65. The monoisotopic (exact) mass is 270 g/mol. The van der Waals surface area contributed by atoms with Crippen molar-refractivity contribution in [1.29, 1.82) is 0 Å². The van der Waals surface area contributed by atoms with Crippen LogP contribution in [0.25, 0.3) is 17.0 Å². The van der Waals surface area contributed by atoms with Gasteiger partial charge in [0, 0.05) is 27.8 Å². The number of nitrogens with zero attached hydrogens (tertiary/aromatic N) is 1. The third kappa shape index (κ3) is 1.72. The van der Waals surface area contributed by atoms with Crippen LogP contribution in [0.15, 0.2) is 23.8 Å². The molecule has 0 saturated heterocycles. The van der Waals surface area contributed by atoms with Crippen molar-refractivity contribution < 1.29 is 14.7 Å². The Morgan fingerprint density at radius 2 is 2.25 bits per heavy atom. The number of amides is 2. The lowest BCUT2D eigenvalue weighted by atomic mass is 10.0. The molecule has 1 aliphatic rings. The zero-order valence-electron chi connectivity index (χ0n) is 10.2. The lowest BCUT2D eigenvalue weighted by molar-refractivity contribution is 0.0957. The van der Waals surface area contributed by atoms with E-state index in [1.54, 1.807) is 12.1 Å². The Morgan fingerprint density at radius 3 is 2.95 bits per heavy atom. The van der Waals surface area contributed by atoms with E-state index in [1.807, 2.05) is 0 Å². The second-order valence-electron chi connectivity index (χ2n) is 4.23. The minimum atomic E-state index is -1.20. The second-order valence-corrected chi connectivity index (χ2v) is 4.23. The van der Waals surface area contributed by atoms with Gasteiger partial charge in [0.05, 0.1) is 11.8 Å². The summed E-state index contributed by atoms with van der Waals surface area (Å²) >= 11 is 0. The van der Waals surface area contributed by atoms with Crippen LogP contribution in [0.5, 0.6) is 0 Å². The molecule has 7 nitrogen and oxygen atoms in total. The molecule has 0 spiro atoms. The minimum Gasteiger partial charge on any atom is -0.465 e. The summed E-state index contributed by atoms with van der Waals surface area (Å²) in [5.74, 6) is -0.395. The Hall–Kier alpha value is -3.09. The third-order valence-electron chi connectivity index (χ3n) is 3.03. The maximum atomic E-state index is 12.0. The molecule has 0 fully saturated rings. The largest absolute Gasteiger partial charge is 0.465 e. The molecule has 20 heavy (non-hydrogen) atoms. The lowest BCUT2D eigenvalue weighted by Gasteiger charge is -2.05. The van der Waals surface area contributed by atoms with Crippen LogP contribution in [-0.4, -0.2) is 28.3 Å². The van der Waals surface area contributed by atoms with Gasteiger partial charge in [-0.25, -0.2) is 10.2 Å². The van der Waals surface area contributed by atoms with Gasteiger partial charge >= 0.3 is 6.09 Å². The first-order valence-corrected chi connectivity index (χ1v) is 5.75. The highest BCUT2D eigenvalue weighted by Gasteiger charge is 2.20. The molecule has 1 aliphatic heterocycles. The molecule has 100 valence electrons. The third-order valence-corrected chi connectivity index (χ3v) is 3.03. The van der Waals surface area contributed by atoms with E-state index in [9.17, 15) is 9.59 Å². The van der Waals surface area contributed by atoms with Gasteiger partial charge < -0.3 is 10.1 Å². The molecule has 0 aliphatic carbocycles. The summed E-state index contributed by atoms with van der Waals surface area (Å²) < 4.78 is 0.